The minimum atomic E-state index is -0.957. The molecule has 2 N–H and O–H groups in total. The van der Waals surface area contributed by atoms with Crippen LogP contribution in [0.25, 0.3) is 10.9 Å². The molecule has 1 aliphatic rings. The van der Waals surface area contributed by atoms with Crippen LogP contribution in [0.2, 0.25) is 0 Å². The molecule has 2 heterocycles. The van der Waals surface area contributed by atoms with Gasteiger partial charge in [-0.1, -0.05) is 36.4 Å². The molecule has 30 heavy (non-hydrogen) atoms. The number of nitrogens with one attached hydrogen (secondary N) is 2. The molecule has 4 rings (SSSR count). The van der Waals surface area contributed by atoms with Gasteiger partial charge < -0.3 is 19.9 Å². The fourth-order valence-corrected chi connectivity index (χ4v) is 3.87. The zero-order chi connectivity index (χ0) is 21.1. The van der Waals surface area contributed by atoms with Crippen molar-refractivity contribution < 1.29 is 19.1 Å². The number of carbonyl (C=O) groups excluding carboxylic acids is 3. The first kappa shape index (κ1) is 19.7. The van der Waals surface area contributed by atoms with Crippen LogP contribution in [-0.2, 0) is 25.5 Å². The number of hydrogen-bond acceptors (Lipinski definition) is 4. The maximum Gasteiger partial charge on any atom is 0.313 e. The van der Waals surface area contributed by atoms with Gasteiger partial charge in [-0.15, -0.1) is 0 Å². The quantitative estimate of drug-likeness (QED) is 0.616. The highest BCUT2D eigenvalue weighted by Crippen LogP contribution is 2.27. The van der Waals surface area contributed by atoms with E-state index >= 15 is 0 Å². The lowest BCUT2D eigenvalue weighted by Gasteiger charge is -2.17. The third-order valence-corrected chi connectivity index (χ3v) is 5.31. The summed E-state index contributed by atoms with van der Waals surface area (Å²) in [6.07, 6.45) is 1.90. The van der Waals surface area contributed by atoms with Crippen LogP contribution in [0, 0.1) is 5.92 Å². The first-order chi connectivity index (χ1) is 14.6. The van der Waals surface area contributed by atoms with Gasteiger partial charge in [0, 0.05) is 29.3 Å². The van der Waals surface area contributed by atoms with Crippen molar-refractivity contribution in [1.29, 1.82) is 0 Å². The van der Waals surface area contributed by atoms with Crippen molar-refractivity contribution in [3.8, 4) is 0 Å². The van der Waals surface area contributed by atoms with Crippen LogP contribution in [0.1, 0.15) is 12.5 Å². The zero-order valence-electron chi connectivity index (χ0n) is 16.6. The van der Waals surface area contributed by atoms with Crippen molar-refractivity contribution in [3.63, 3.8) is 0 Å². The third-order valence-electron chi connectivity index (χ3n) is 5.31. The summed E-state index contributed by atoms with van der Waals surface area (Å²) < 4.78 is 5.16. The lowest BCUT2D eigenvalue weighted by atomic mass is 10.0. The van der Waals surface area contributed by atoms with Gasteiger partial charge in [0.05, 0.1) is 13.0 Å². The summed E-state index contributed by atoms with van der Waals surface area (Å²) in [6, 6.07) is 15.9. The van der Waals surface area contributed by atoms with Crippen molar-refractivity contribution in [2.45, 2.75) is 19.4 Å². The number of para-hydroxylation sites is 2. The van der Waals surface area contributed by atoms with Crippen molar-refractivity contribution >= 4 is 34.4 Å². The predicted octanol–water partition coefficient (Wildman–Crippen LogP) is 2.42. The summed E-state index contributed by atoms with van der Waals surface area (Å²) in [4.78, 5) is 43.0. The summed E-state index contributed by atoms with van der Waals surface area (Å²) in [5, 5.41) is 3.73. The molecule has 0 radical (unpaired) electrons. The van der Waals surface area contributed by atoms with Gasteiger partial charge in [0.1, 0.15) is 12.0 Å². The molecular formula is C23H23N3O4. The van der Waals surface area contributed by atoms with Crippen LogP contribution >= 0.6 is 0 Å². The Morgan fingerprint density at radius 2 is 1.87 bits per heavy atom. The number of hydrogen-bond donors (Lipinski definition) is 2. The van der Waals surface area contributed by atoms with Crippen molar-refractivity contribution in [1.82, 2.24) is 10.3 Å². The van der Waals surface area contributed by atoms with Crippen molar-refractivity contribution in [3.05, 3.63) is 66.4 Å². The predicted molar refractivity (Wildman–Crippen MR) is 113 cm³/mol. The van der Waals surface area contributed by atoms with Gasteiger partial charge in [-0.3, -0.25) is 14.4 Å². The summed E-state index contributed by atoms with van der Waals surface area (Å²) in [6.45, 7) is 2.10. The number of amides is 2. The maximum absolute atomic E-state index is 13.1. The molecule has 2 amide bonds. The molecule has 2 aromatic carbocycles. The van der Waals surface area contributed by atoms with Crippen LogP contribution < -0.4 is 10.2 Å². The van der Waals surface area contributed by atoms with Gasteiger partial charge in [0.25, 0.3) is 5.91 Å². The number of ether oxygens (including phenoxy) is 1. The van der Waals surface area contributed by atoms with Gasteiger partial charge in [-0.25, -0.2) is 0 Å². The number of benzene rings is 2. The highest BCUT2D eigenvalue weighted by atomic mass is 16.5. The van der Waals surface area contributed by atoms with E-state index in [-0.39, 0.29) is 31.4 Å². The molecule has 7 heteroatoms. The molecule has 1 aliphatic heterocycles. The highest BCUT2D eigenvalue weighted by molar-refractivity contribution is 6.05. The molecule has 0 aliphatic carbocycles. The molecular weight excluding hydrogens is 382 g/mol. The van der Waals surface area contributed by atoms with Crippen LogP contribution in [0.5, 0.6) is 0 Å². The fraction of sp³-hybridized carbons (Fsp3) is 0.261. The van der Waals surface area contributed by atoms with E-state index in [1.165, 1.54) is 4.90 Å². The van der Waals surface area contributed by atoms with E-state index in [0.717, 1.165) is 16.5 Å². The van der Waals surface area contributed by atoms with Gasteiger partial charge >= 0.3 is 5.97 Å². The average molecular weight is 405 g/mol. The van der Waals surface area contributed by atoms with E-state index < -0.39 is 17.9 Å². The normalized spacial score (nSPS) is 18.6. The summed E-state index contributed by atoms with van der Waals surface area (Å²) in [5.74, 6) is -1.87. The molecule has 0 bridgehead atoms. The van der Waals surface area contributed by atoms with Crippen LogP contribution in [0.15, 0.2) is 60.8 Å². The second-order valence-corrected chi connectivity index (χ2v) is 7.22. The molecule has 3 aromatic rings. The van der Waals surface area contributed by atoms with Crippen LogP contribution in [-0.4, -0.2) is 42.0 Å². The lowest BCUT2D eigenvalue weighted by Crippen LogP contribution is -2.46. The minimum absolute atomic E-state index is 0.106. The van der Waals surface area contributed by atoms with E-state index in [9.17, 15) is 14.4 Å². The van der Waals surface area contributed by atoms with Gasteiger partial charge in [0.15, 0.2) is 0 Å². The zero-order valence-corrected chi connectivity index (χ0v) is 16.6. The first-order valence-electron chi connectivity index (χ1n) is 9.96. The number of aromatic amines is 1. The van der Waals surface area contributed by atoms with Gasteiger partial charge in [-0.05, 0) is 30.7 Å². The second-order valence-electron chi connectivity index (χ2n) is 7.22. The molecule has 0 spiro atoms. The number of rotatable bonds is 6. The highest BCUT2D eigenvalue weighted by Gasteiger charge is 2.46. The monoisotopic (exact) mass is 405 g/mol. The molecule has 7 nitrogen and oxygen atoms in total. The number of esters is 1. The summed E-state index contributed by atoms with van der Waals surface area (Å²) in [5.41, 5.74) is 2.46. The standard InChI is InChI=1S/C23H23N3O4/c1-2-30-23(29)18-14-26(16-8-4-3-5-9-16)22(28)21(18)25-20(27)12-15-13-24-19-11-7-6-10-17(15)19/h3-11,13,18,21,24H,2,12,14H2,1H3,(H,25,27)/t18-,21-/m0/s1. The molecule has 0 saturated carbocycles. The SMILES string of the molecule is CCOC(=O)[C@H]1CN(c2ccccc2)C(=O)[C@H]1NC(=O)Cc1c[nH]c2ccccc12. The van der Waals surface area contributed by atoms with Gasteiger partial charge in [-0.2, -0.15) is 0 Å². The molecule has 0 unspecified atom stereocenters. The second kappa shape index (κ2) is 8.41. The Balaban J connectivity index is 1.54. The minimum Gasteiger partial charge on any atom is -0.466 e. The summed E-state index contributed by atoms with van der Waals surface area (Å²) >= 11 is 0. The number of carbonyl (C=O) groups is 3. The van der Waals surface area contributed by atoms with Crippen LogP contribution in [0.3, 0.4) is 0 Å². The molecule has 2 atom stereocenters. The largest absolute Gasteiger partial charge is 0.466 e. The first-order valence-corrected chi connectivity index (χ1v) is 9.96. The average Bonchev–Trinajstić information content (AvgIpc) is 3.30. The number of H-pyrrole nitrogens is 1. The van der Waals surface area contributed by atoms with Crippen molar-refractivity contribution in [2.75, 3.05) is 18.1 Å². The Morgan fingerprint density at radius 1 is 1.13 bits per heavy atom. The number of nitrogens with zero attached hydrogens (tertiary/aromatic N) is 1. The third kappa shape index (κ3) is 3.78. The Morgan fingerprint density at radius 3 is 2.63 bits per heavy atom. The Bertz CT molecular complexity index is 1080. The van der Waals surface area contributed by atoms with E-state index in [4.69, 9.17) is 4.74 Å². The molecule has 1 saturated heterocycles. The van der Waals surface area contributed by atoms with Gasteiger partial charge in [0.2, 0.25) is 5.91 Å². The Hall–Kier alpha value is -3.61. The summed E-state index contributed by atoms with van der Waals surface area (Å²) in [7, 11) is 0. The Kier molecular flexibility index (Phi) is 5.52. The smallest absolute Gasteiger partial charge is 0.313 e. The fourth-order valence-electron chi connectivity index (χ4n) is 3.87. The number of fused-ring (bicyclic) bond motifs is 1. The van der Waals surface area contributed by atoms with Crippen molar-refractivity contribution in [2.24, 2.45) is 5.92 Å². The topological polar surface area (TPSA) is 91.5 Å². The number of aromatic nitrogens is 1. The maximum atomic E-state index is 13.1. The van der Waals surface area contributed by atoms with E-state index in [1.807, 2.05) is 42.5 Å². The Labute approximate surface area is 174 Å². The van der Waals surface area contributed by atoms with E-state index in [2.05, 4.69) is 10.3 Å². The van der Waals surface area contributed by atoms with E-state index in [1.54, 1.807) is 25.3 Å². The molecule has 1 fully saturated rings. The molecule has 1 aromatic heterocycles. The van der Waals surface area contributed by atoms with Crippen LogP contribution in [0.4, 0.5) is 5.69 Å². The number of anilines is 1. The van der Waals surface area contributed by atoms with E-state index in [0.29, 0.717) is 5.69 Å². The lowest BCUT2D eigenvalue weighted by molar-refractivity contribution is -0.149. The molecule has 154 valence electrons.